The highest BCUT2D eigenvalue weighted by atomic mass is 14.7. The number of hydrogen-bond acceptors (Lipinski definition) is 1. The van der Waals surface area contributed by atoms with E-state index >= 15 is 0 Å². The molecule has 2 aliphatic rings. The second-order valence-corrected chi connectivity index (χ2v) is 14.3. The van der Waals surface area contributed by atoms with Crippen LogP contribution in [0.2, 0.25) is 0 Å². The van der Waals surface area contributed by atoms with Crippen LogP contribution in [0.3, 0.4) is 0 Å². The standard InChI is InChI=1S/C47H37N/c1-47(2,3)34-24-22-32(23-25-34)43-37-20-12-10-18-35(37)39-26-27-40-36-19-11-13-21-38(36)44(46(40)45(39)43)42-29-33(30-14-6-4-7-15-30)28-41(48-42)31-16-8-5-9-17-31/h4-29,43-44H,1-3H3. The summed E-state index contributed by atoms with van der Waals surface area (Å²) in [4.78, 5) is 5.52. The van der Waals surface area contributed by atoms with Crippen LogP contribution in [0.25, 0.3) is 44.6 Å². The number of rotatable bonds is 4. The average Bonchev–Trinajstić information content (AvgIpc) is 3.65. The molecule has 0 spiro atoms. The van der Waals surface area contributed by atoms with Gasteiger partial charge in [0.25, 0.3) is 0 Å². The van der Waals surface area contributed by atoms with Crippen LogP contribution < -0.4 is 0 Å². The molecule has 230 valence electrons. The summed E-state index contributed by atoms with van der Waals surface area (Å²) in [5, 5.41) is 0. The normalized spacial score (nSPS) is 15.8. The fourth-order valence-electron chi connectivity index (χ4n) is 8.11. The lowest BCUT2D eigenvalue weighted by molar-refractivity contribution is 0.590. The number of nitrogens with zero attached hydrogens (tertiary/aromatic N) is 1. The average molecular weight is 616 g/mol. The zero-order valence-corrected chi connectivity index (χ0v) is 27.6. The first kappa shape index (κ1) is 28.7. The molecule has 1 heteroatoms. The highest BCUT2D eigenvalue weighted by Gasteiger charge is 2.40. The Morgan fingerprint density at radius 2 is 0.958 bits per heavy atom. The molecule has 1 aromatic heterocycles. The van der Waals surface area contributed by atoms with Crippen molar-refractivity contribution in [3.8, 4) is 44.6 Å². The molecule has 1 nitrogen and oxygen atoms in total. The van der Waals surface area contributed by atoms with Gasteiger partial charge in [-0.1, -0.05) is 166 Å². The van der Waals surface area contributed by atoms with Gasteiger partial charge in [0, 0.05) is 11.5 Å². The van der Waals surface area contributed by atoms with Gasteiger partial charge in [0.05, 0.1) is 17.3 Å². The lowest BCUT2D eigenvalue weighted by atomic mass is 9.80. The van der Waals surface area contributed by atoms with E-state index in [4.69, 9.17) is 4.98 Å². The van der Waals surface area contributed by atoms with E-state index in [0.717, 1.165) is 17.0 Å². The van der Waals surface area contributed by atoms with Crippen LogP contribution in [0, 0.1) is 0 Å². The van der Waals surface area contributed by atoms with Crippen molar-refractivity contribution in [2.24, 2.45) is 0 Å². The fraction of sp³-hybridized carbons (Fsp3) is 0.128. The van der Waals surface area contributed by atoms with E-state index in [2.05, 4.69) is 178 Å². The smallest absolute Gasteiger partial charge is 0.0711 e. The molecular weight excluding hydrogens is 579 g/mol. The van der Waals surface area contributed by atoms with Crippen molar-refractivity contribution in [2.75, 3.05) is 0 Å². The summed E-state index contributed by atoms with van der Waals surface area (Å²) in [6, 6.07) is 58.1. The number of benzene rings is 6. The maximum absolute atomic E-state index is 5.52. The molecule has 0 amide bonds. The highest BCUT2D eigenvalue weighted by molar-refractivity contribution is 5.91. The van der Waals surface area contributed by atoms with Crippen LogP contribution in [0.5, 0.6) is 0 Å². The van der Waals surface area contributed by atoms with Gasteiger partial charge in [-0.25, -0.2) is 0 Å². The van der Waals surface area contributed by atoms with Crippen molar-refractivity contribution in [2.45, 2.75) is 38.0 Å². The highest BCUT2D eigenvalue weighted by Crippen LogP contribution is 2.58. The van der Waals surface area contributed by atoms with Crippen molar-refractivity contribution in [3.05, 3.63) is 197 Å². The molecular formula is C47H37N. The zero-order chi connectivity index (χ0) is 32.4. The molecule has 6 aromatic carbocycles. The van der Waals surface area contributed by atoms with Crippen LogP contribution in [0.15, 0.2) is 158 Å². The number of aromatic nitrogens is 1. The maximum Gasteiger partial charge on any atom is 0.0711 e. The van der Waals surface area contributed by atoms with E-state index in [9.17, 15) is 0 Å². The Kier molecular flexibility index (Phi) is 6.59. The molecule has 0 radical (unpaired) electrons. The quantitative estimate of drug-likeness (QED) is 0.192. The molecule has 0 N–H and O–H groups in total. The largest absolute Gasteiger partial charge is 0.252 e. The third kappa shape index (κ3) is 4.57. The van der Waals surface area contributed by atoms with E-state index in [-0.39, 0.29) is 17.3 Å². The number of pyridine rings is 1. The molecule has 48 heavy (non-hydrogen) atoms. The molecule has 9 rings (SSSR count). The number of hydrogen-bond donors (Lipinski definition) is 0. The first-order valence-corrected chi connectivity index (χ1v) is 17.0. The Hall–Kier alpha value is -5.53. The Labute approximate surface area is 283 Å². The summed E-state index contributed by atoms with van der Waals surface area (Å²) >= 11 is 0. The molecule has 0 aliphatic heterocycles. The van der Waals surface area contributed by atoms with E-state index < -0.39 is 0 Å². The lowest BCUT2D eigenvalue weighted by Gasteiger charge is -2.24. The predicted octanol–water partition coefficient (Wildman–Crippen LogP) is 12.0. The summed E-state index contributed by atoms with van der Waals surface area (Å²) in [5.74, 6) is 0.144. The predicted molar refractivity (Wildman–Crippen MR) is 199 cm³/mol. The van der Waals surface area contributed by atoms with Crippen LogP contribution in [-0.4, -0.2) is 4.98 Å². The minimum Gasteiger partial charge on any atom is -0.252 e. The Morgan fingerprint density at radius 3 is 1.56 bits per heavy atom. The van der Waals surface area contributed by atoms with Crippen LogP contribution in [0.4, 0.5) is 0 Å². The summed E-state index contributed by atoms with van der Waals surface area (Å²) in [7, 11) is 0. The van der Waals surface area contributed by atoms with Gasteiger partial charge >= 0.3 is 0 Å². The SMILES string of the molecule is CC(C)(C)c1ccc(C2c3ccccc3-c3ccc4c(c32)C(c2cc(-c3ccccc3)cc(-c3ccccc3)n2)c2ccccc2-4)cc1. The van der Waals surface area contributed by atoms with Gasteiger partial charge in [0.2, 0.25) is 0 Å². The Morgan fingerprint density at radius 1 is 0.438 bits per heavy atom. The second-order valence-electron chi connectivity index (χ2n) is 14.3. The second kappa shape index (κ2) is 11.0. The third-order valence-electron chi connectivity index (χ3n) is 10.4. The molecule has 7 aromatic rings. The fourth-order valence-corrected chi connectivity index (χ4v) is 8.11. The summed E-state index contributed by atoms with van der Waals surface area (Å²) in [6.45, 7) is 6.87. The summed E-state index contributed by atoms with van der Waals surface area (Å²) in [5.41, 5.74) is 19.3. The molecule has 2 atom stereocenters. The van der Waals surface area contributed by atoms with Crippen molar-refractivity contribution in [1.82, 2.24) is 4.98 Å². The molecule has 0 saturated carbocycles. The molecule has 0 fully saturated rings. The van der Waals surface area contributed by atoms with Crippen molar-refractivity contribution < 1.29 is 0 Å². The van der Waals surface area contributed by atoms with Gasteiger partial charge in [0.15, 0.2) is 0 Å². The zero-order valence-electron chi connectivity index (χ0n) is 27.6. The van der Waals surface area contributed by atoms with Crippen molar-refractivity contribution in [3.63, 3.8) is 0 Å². The van der Waals surface area contributed by atoms with E-state index in [1.54, 1.807) is 0 Å². The monoisotopic (exact) mass is 615 g/mol. The van der Waals surface area contributed by atoms with Gasteiger partial charge in [-0.15, -0.1) is 0 Å². The first-order chi connectivity index (χ1) is 23.5. The first-order valence-electron chi connectivity index (χ1n) is 17.0. The van der Waals surface area contributed by atoms with Gasteiger partial charge in [-0.05, 0) is 84.3 Å². The Bertz CT molecular complexity index is 2250. The van der Waals surface area contributed by atoms with Gasteiger partial charge < -0.3 is 0 Å². The van der Waals surface area contributed by atoms with E-state index in [1.807, 2.05) is 0 Å². The van der Waals surface area contributed by atoms with Crippen molar-refractivity contribution >= 4 is 0 Å². The topological polar surface area (TPSA) is 12.9 Å². The molecule has 0 saturated heterocycles. The number of fused-ring (bicyclic) bond motifs is 7. The third-order valence-corrected chi connectivity index (χ3v) is 10.4. The van der Waals surface area contributed by atoms with Gasteiger partial charge in [-0.2, -0.15) is 0 Å². The van der Waals surface area contributed by atoms with E-state index in [1.165, 1.54) is 66.8 Å². The minimum atomic E-state index is 0.00272. The van der Waals surface area contributed by atoms with Crippen LogP contribution >= 0.6 is 0 Å². The molecule has 0 bridgehead atoms. The Balaban J connectivity index is 1.31. The van der Waals surface area contributed by atoms with Gasteiger partial charge in [-0.3, -0.25) is 4.98 Å². The summed E-state index contributed by atoms with van der Waals surface area (Å²) < 4.78 is 0. The maximum atomic E-state index is 5.52. The molecule has 2 unspecified atom stereocenters. The molecule has 2 aliphatic carbocycles. The van der Waals surface area contributed by atoms with Crippen LogP contribution in [-0.2, 0) is 5.41 Å². The van der Waals surface area contributed by atoms with Gasteiger partial charge in [0.1, 0.15) is 0 Å². The van der Waals surface area contributed by atoms with Crippen LogP contribution in [0.1, 0.15) is 71.7 Å². The van der Waals surface area contributed by atoms with E-state index in [0.29, 0.717) is 0 Å². The molecule has 1 heterocycles. The summed E-state index contributed by atoms with van der Waals surface area (Å²) in [6.07, 6.45) is 0. The minimum absolute atomic E-state index is 0.00272. The lowest BCUT2D eigenvalue weighted by Crippen LogP contribution is -2.12. The van der Waals surface area contributed by atoms with Crippen molar-refractivity contribution in [1.29, 1.82) is 0 Å².